The van der Waals surface area contributed by atoms with E-state index >= 15 is 0 Å². The molecule has 0 aliphatic heterocycles. The Balaban J connectivity index is 3.00. The fraction of sp³-hybridized carbons (Fsp3) is 0.611. The van der Waals surface area contributed by atoms with E-state index in [1.165, 1.54) is 6.07 Å². The SMILES string of the molecule is CCOC(=O)CC(C[N+](=O)[O-])c1c(OCOCC[Si](C)(C)C)ccc(F)c1Cl. The van der Waals surface area contributed by atoms with Crippen LogP contribution >= 0.6 is 11.6 Å². The predicted molar refractivity (Wildman–Crippen MR) is 107 cm³/mol. The van der Waals surface area contributed by atoms with Crippen LogP contribution in [0.25, 0.3) is 0 Å². The van der Waals surface area contributed by atoms with Gasteiger partial charge in [0.1, 0.15) is 11.6 Å². The summed E-state index contributed by atoms with van der Waals surface area (Å²) in [6, 6.07) is 3.38. The molecule has 0 fully saturated rings. The van der Waals surface area contributed by atoms with Gasteiger partial charge in [-0.3, -0.25) is 14.9 Å². The Morgan fingerprint density at radius 1 is 1.36 bits per heavy atom. The summed E-state index contributed by atoms with van der Waals surface area (Å²) in [5.41, 5.74) is 0.0696. The lowest BCUT2D eigenvalue weighted by Gasteiger charge is -2.20. The third-order valence-electron chi connectivity index (χ3n) is 3.88. The van der Waals surface area contributed by atoms with Crippen molar-refractivity contribution >= 4 is 25.6 Å². The molecule has 0 radical (unpaired) electrons. The Morgan fingerprint density at radius 2 is 2.04 bits per heavy atom. The van der Waals surface area contributed by atoms with Crippen molar-refractivity contribution < 1.29 is 28.3 Å². The van der Waals surface area contributed by atoms with E-state index in [4.69, 9.17) is 25.8 Å². The van der Waals surface area contributed by atoms with E-state index in [0.29, 0.717) is 6.61 Å². The number of hydrogen-bond donors (Lipinski definition) is 0. The fourth-order valence-corrected chi connectivity index (χ4v) is 3.52. The van der Waals surface area contributed by atoms with Gasteiger partial charge >= 0.3 is 5.97 Å². The van der Waals surface area contributed by atoms with Crippen LogP contribution in [-0.4, -0.2) is 45.5 Å². The molecule has 1 aromatic rings. The second-order valence-electron chi connectivity index (χ2n) is 7.48. The Kier molecular flexibility index (Phi) is 9.84. The number of nitrogens with zero attached hydrogens (tertiary/aromatic N) is 1. The van der Waals surface area contributed by atoms with Crippen molar-refractivity contribution in [1.82, 2.24) is 0 Å². The molecule has 0 aromatic heterocycles. The van der Waals surface area contributed by atoms with Crippen LogP contribution in [0.3, 0.4) is 0 Å². The maximum absolute atomic E-state index is 14.0. The Bertz CT molecular complexity index is 683. The van der Waals surface area contributed by atoms with Crippen LogP contribution in [0.15, 0.2) is 12.1 Å². The zero-order chi connectivity index (χ0) is 21.3. The van der Waals surface area contributed by atoms with E-state index < -0.39 is 37.2 Å². The first-order valence-electron chi connectivity index (χ1n) is 9.01. The minimum Gasteiger partial charge on any atom is -0.467 e. The molecule has 0 N–H and O–H groups in total. The number of esters is 1. The monoisotopic (exact) mass is 435 g/mol. The first-order valence-corrected chi connectivity index (χ1v) is 13.1. The van der Waals surface area contributed by atoms with Crippen molar-refractivity contribution in [2.24, 2.45) is 0 Å². The molecule has 1 aromatic carbocycles. The molecule has 0 amide bonds. The Labute approximate surface area is 170 Å². The van der Waals surface area contributed by atoms with E-state index in [0.717, 1.165) is 12.1 Å². The topological polar surface area (TPSA) is 87.9 Å². The minimum absolute atomic E-state index is 0.0696. The van der Waals surface area contributed by atoms with Gasteiger partial charge in [-0.2, -0.15) is 0 Å². The molecule has 1 rings (SSSR count). The second-order valence-corrected chi connectivity index (χ2v) is 13.5. The van der Waals surface area contributed by atoms with E-state index in [9.17, 15) is 19.3 Å². The maximum atomic E-state index is 14.0. The first kappa shape index (κ1) is 24.3. The number of nitro groups is 1. The lowest BCUT2D eigenvalue weighted by molar-refractivity contribution is -0.483. The van der Waals surface area contributed by atoms with Crippen LogP contribution in [0.5, 0.6) is 5.75 Å². The fourth-order valence-electron chi connectivity index (χ4n) is 2.46. The highest BCUT2D eigenvalue weighted by Crippen LogP contribution is 2.37. The Morgan fingerprint density at radius 3 is 2.61 bits per heavy atom. The highest BCUT2D eigenvalue weighted by Gasteiger charge is 2.29. The van der Waals surface area contributed by atoms with E-state index in [2.05, 4.69) is 19.6 Å². The van der Waals surface area contributed by atoms with Crippen LogP contribution in [-0.2, 0) is 14.3 Å². The molecule has 0 saturated heterocycles. The molecule has 0 aliphatic carbocycles. The van der Waals surface area contributed by atoms with Gasteiger partial charge in [0, 0.05) is 25.2 Å². The number of halogens is 2. The number of ether oxygens (including phenoxy) is 3. The van der Waals surface area contributed by atoms with Crippen LogP contribution in [0.2, 0.25) is 30.7 Å². The summed E-state index contributed by atoms with van der Waals surface area (Å²) in [6.07, 6.45) is -0.315. The van der Waals surface area contributed by atoms with Gasteiger partial charge in [0.25, 0.3) is 0 Å². The first-order chi connectivity index (χ1) is 13.0. The Hall–Kier alpha value is -1.71. The smallest absolute Gasteiger partial charge is 0.306 e. The van der Waals surface area contributed by atoms with Crippen molar-refractivity contribution in [3.8, 4) is 5.75 Å². The quantitative estimate of drug-likeness (QED) is 0.120. The summed E-state index contributed by atoms with van der Waals surface area (Å²) in [4.78, 5) is 22.4. The molecule has 0 aliphatic rings. The maximum Gasteiger partial charge on any atom is 0.306 e. The minimum atomic E-state index is -1.25. The average molecular weight is 436 g/mol. The lowest BCUT2D eigenvalue weighted by Crippen LogP contribution is -2.22. The van der Waals surface area contributed by atoms with E-state index in [-0.39, 0.29) is 36.2 Å². The summed E-state index contributed by atoms with van der Waals surface area (Å²) < 4.78 is 29.9. The molecule has 0 bridgehead atoms. The van der Waals surface area contributed by atoms with Crippen molar-refractivity contribution in [3.05, 3.63) is 38.7 Å². The molecule has 158 valence electrons. The van der Waals surface area contributed by atoms with Gasteiger partial charge in [-0.15, -0.1) is 0 Å². The third-order valence-corrected chi connectivity index (χ3v) is 5.97. The zero-order valence-electron chi connectivity index (χ0n) is 16.6. The van der Waals surface area contributed by atoms with Crippen molar-refractivity contribution in [1.29, 1.82) is 0 Å². The number of carbonyl (C=O) groups excluding carboxylic acids is 1. The molecule has 1 unspecified atom stereocenters. The molecule has 1 atom stereocenters. The predicted octanol–water partition coefficient (Wildman–Crippen LogP) is 4.48. The summed E-state index contributed by atoms with van der Waals surface area (Å²) in [5.74, 6) is -2.22. The summed E-state index contributed by atoms with van der Waals surface area (Å²) in [7, 11) is -1.25. The van der Waals surface area contributed by atoms with Gasteiger partial charge < -0.3 is 14.2 Å². The lowest BCUT2D eigenvalue weighted by atomic mass is 9.94. The van der Waals surface area contributed by atoms with Crippen molar-refractivity contribution in [2.45, 2.75) is 44.9 Å². The molecule has 7 nitrogen and oxygen atoms in total. The van der Waals surface area contributed by atoms with E-state index in [1.54, 1.807) is 6.92 Å². The largest absolute Gasteiger partial charge is 0.467 e. The molecule has 0 spiro atoms. The summed E-state index contributed by atoms with van der Waals surface area (Å²) >= 11 is 6.07. The average Bonchev–Trinajstić information content (AvgIpc) is 2.56. The van der Waals surface area contributed by atoms with Crippen LogP contribution < -0.4 is 4.74 Å². The molecule has 28 heavy (non-hydrogen) atoms. The van der Waals surface area contributed by atoms with Crippen LogP contribution in [0, 0.1) is 15.9 Å². The molecule has 0 heterocycles. The highest BCUT2D eigenvalue weighted by molar-refractivity contribution is 6.76. The van der Waals surface area contributed by atoms with Gasteiger partial charge in [0.15, 0.2) is 6.79 Å². The van der Waals surface area contributed by atoms with Crippen molar-refractivity contribution in [3.63, 3.8) is 0 Å². The van der Waals surface area contributed by atoms with Gasteiger partial charge in [0.2, 0.25) is 6.54 Å². The summed E-state index contributed by atoms with van der Waals surface area (Å²) in [6.45, 7) is 8.20. The highest BCUT2D eigenvalue weighted by atomic mass is 35.5. The molecular weight excluding hydrogens is 409 g/mol. The zero-order valence-corrected chi connectivity index (χ0v) is 18.4. The molecular formula is C18H27ClFNO6Si. The second kappa shape index (κ2) is 11.3. The molecule has 10 heteroatoms. The van der Waals surface area contributed by atoms with Gasteiger partial charge in [0.05, 0.1) is 24.0 Å². The summed E-state index contributed by atoms with van der Waals surface area (Å²) in [5, 5.41) is 10.8. The van der Waals surface area contributed by atoms with Gasteiger partial charge in [-0.05, 0) is 25.1 Å². The normalized spacial score (nSPS) is 12.5. The van der Waals surface area contributed by atoms with Gasteiger partial charge in [-0.1, -0.05) is 31.2 Å². The number of hydrogen-bond acceptors (Lipinski definition) is 6. The third kappa shape index (κ3) is 8.53. The standard InChI is InChI=1S/C18H27ClFNO6Si/c1-5-26-16(22)10-13(11-21(23)24)17-15(7-6-14(20)18(17)19)27-12-25-8-9-28(2,3)4/h6-7,13H,5,8-12H2,1-4H3. The van der Waals surface area contributed by atoms with Crippen LogP contribution in [0.1, 0.15) is 24.8 Å². The number of benzene rings is 1. The van der Waals surface area contributed by atoms with Crippen molar-refractivity contribution in [2.75, 3.05) is 26.6 Å². The van der Waals surface area contributed by atoms with Crippen LogP contribution in [0.4, 0.5) is 4.39 Å². The van der Waals surface area contributed by atoms with E-state index in [1.807, 2.05) is 0 Å². The number of carbonyl (C=O) groups is 1. The number of rotatable bonds is 12. The molecule has 0 saturated carbocycles. The van der Waals surface area contributed by atoms with Gasteiger partial charge in [-0.25, -0.2) is 4.39 Å².